The fourth-order valence-electron chi connectivity index (χ4n) is 4.92. The van der Waals surface area contributed by atoms with E-state index in [1.165, 1.54) is 12.1 Å². The van der Waals surface area contributed by atoms with E-state index in [-0.39, 0.29) is 17.1 Å². The molecule has 1 N–H and O–H groups in total. The maximum atomic E-state index is 13.0. The van der Waals surface area contributed by atoms with Crippen LogP contribution in [0.3, 0.4) is 0 Å². The summed E-state index contributed by atoms with van der Waals surface area (Å²) in [5.41, 5.74) is 0.0108. The second kappa shape index (κ2) is 6.92. The van der Waals surface area contributed by atoms with Crippen molar-refractivity contribution < 1.29 is 18.0 Å². The number of hydrogen-bond acceptors (Lipinski definition) is 2. The number of carbonyl (C=O) groups excluding carboxylic acids is 1. The lowest BCUT2D eigenvalue weighted by Crippen LogP contribution is -2.50. The van der Waals surface area contributed by atoms with E-state index in [4.69, 9.17) is 0 Å². The number of amides is 1. The zero-order valence-corrected chi connectivity index (χ0v) is 15.7. The molecule has 28 heavy (non-hydrogen) atoms. The highest BCUT2D eigenvalue weighted by molar-refractivity contribution is 5.94. The fraction of sp³-hybridized carbons (Fsp3) is 0.409. The molecule has 2 saturated heterocycles. The van der Waals surface area contributed by atoms with Gasteiger partial charge in [-0.3, -0.25) is 9.69 Å². The average Bonchev–Trinajstić information content (AvgIpc) is 3.19. The van der Waals surface area contributed by atoms with E-state index in [2.05, 4.69) is 17.3 Å². The van der Waals surface area contributed by atoms with E-state index in [0.29, 0.717) is 6.04 Å². The number of alkyl halides is 3. The Bertz CT molecular complexity index is 858. The molecule has 3 nitrogen and oxygen atoms in total. The largest absolute Gasteiger partial charge is 0.416 e. The molecule has 2 aromatic rings. The van der Waals surface area contributed by atoms with Crippen LogP contribution in [0.15, 0.2) is 54.6 Å². The van der Waals surface area contributed by atoms with Crippen molar-refractivity contribution in [2.45, 2.75) is 49.5 Å². The molecule has 4 rings (SSSR count). The summed E-state index contributed by atoms with van der Waals surface area (Å²) in [4.78, 5) is 15.3. The minimum atomic E-state index is -4.47. The van der Waals surface area contributed by atoms with Gasteiger partial charge < -0.3 is 5.32 Å². The first-order chi connectivity index (χ1) is 13.3. The van der Waals surface area contributed by atoms with E-state index in [1.54, 1.807) is 0 Å². The number of benzene rings is 2. The molecule has 2 fully saturated rings. The first-order valence-electron chi connectivity index (χ1n) is 9.57. The number of nitrogens with one attached hydrogen (secondary N) is 1. The molecule has 2 aliphatic heterocycles. The normalized spacial score (nSPS) is 25.6. The van der Waals surface area contributed by atoms with Gasteiger partial charge in [-0.05, 0) is 56.5 Å². The standard InChI is InChI=1S/C22H23F3N2O/c1-27-18-10-12-21(27,13-11-18)19(15-6-3-2-4-7-15)26-20(28)16-8-5-9-17(14-16)22(23,24)25/h2-9,14,18-19H,10-13H2,1H3,(H,26,28). The molecule has 0 radical (unpaired) electrons. The molecular weight excluding hydrogens is 365 g/mol. The van der Waals surface area contributed by atoms with Crippen molar-refractivity contribution in [2.75, 3.05) is 7.05 Å². The minimum absolute atomic E-state index is 0.0300. The van der Waals surface area contributed by atoms with Crippen molar-refractivity contribution in [3.63, 3.8) is 0 Å². The average molecular weight is 388 g/mol. The molecule has 148 valence electrons. The topological polar surface area (TPSA) is 32.3 Å². The highest BCUT2D eigenvalue weighted by Gasteiger charge is 2.54. The van der Waals surface area contributed by atoms with Crippen LogP contribution in [0, 0.1) is 0 Å². The van der Waals surface area contributed by atoms with Gasteiger partial charge in [-0.25, -0.2) is 0 Å². The quantitative estimate of drug-likeness (QED) is 0.816. The lowest BCUT2D eigenvalue weighted by atomic mass is 9.78. The Morgan fingerprint density at radius 3 is 2.36 bits per heavy atom. The second-order valence-corrected chi connectivity index (χ2v) is 7.84. The van der Waals surface area contributed by atoms with E-state index in [0.717, 1.165) is 43.4 Å². The van der Waals surface area contributed by atoms with Gasteiger partial charge in [-0.2, -0.15) is 13.2 Å². The predicted octanol–water partition coefficient (Wildman–Crippen LogP) is 4.80. The van der Waals surface area contributed by atoms with Gasteiger partial charge in [-0.1, -0.05) is 36.4 Å². The van der Waals surface area contributed by atoms with Crippen LogP contribution in [-0.4, -0.2) is 29.4 Å². The Hall–Kier alpha value is -2.34. The minimum Gasteiger partial charge on any atom is -0.343 e. The number of rotatable bonds is 4. The van der Waals surface area contributed by atoms with Crippen molar-refractivity contribution >= 4 is 5.91 Å². The van der Waals surface area contributed by atoms with Crippen LogP contribution in [0.5, 0.6) is 0 Å². The lowest BCUT2D eigenvalue weighted by molar-refractivity contribution is -0.137. The molecule has 1 amide bonds. The third kappa shape index (κ3) is 3.20. The summed E-state index contributed by atoms with van der Waals surface area (Å²) in [6.45, 7) is 0. The van der Waals surface area contributed by atoms with Gasteiger partial charge in [-0.15, -0.1) is 0 Å². The first kappa shape index (κ1) is 19.0. The Morgan fingerprint density at radius 1 is 1.11 bits per heavy atom. The van der Waals surface area contributed by atoms with Gasteiger partial charge in [0.15, 0.2) is 0 Å². The maximum absolute atomic E-state index is 13.0. The van der Waals surface area contributed by atoms with Crippen LogP contribution in [0.1, 0.15) is 53.2 Å². The number of likely N-dealkylation sites (N-methyl/N-ethyl adjacent to an activating group) is 1. The van der Waals surface area contributed by atoms with Crippen molar-refractivity contribution in [3.05, 3.63) is 71.3 Å². The summed E-state index contributed by atoms with van der Waals surface area (Å²) in [5.74, 6) is -0.474. The summed E-state index contributed by atoms with van der Waals surface area (Å²) in [7, 11) is 2.09. The van der Waals surface area contributed by atoms with Crippen molar-refractivity contribution in [1.82, 2.24) is 10.2 Å². The van der Waals surface area contributed by atoms with Gasteiger partial charge in [0.2, 0.25) is 0 Å². The van der Waals surface area contributed by atoms with Gasteiger partial charge in [0.05, 0.1) is 11.6 Å². The molecule has 6 heteroatoms. The summed E-state index contributed by atoms with van der Waals surface area (Å²) >= 11 is 0. The Morgan fingerprint density at radius 2 is 1.79 bits per heavy atom. The Kier molecular flexibility index (Phi) is 4.70. The summed E-state index contributed by atoms with van der Waals surface area (Å²) in [6, 6.07) is 14.6. The number of halogens is 3. The summed E-state index contributed by atoms with van der Waals surface area (Å²) < 4.78 is 39.1. The first-order valence-corrected chi connectivity index (χ1v) is 9.57. The van der Waals surface area contributed by atoms with Crippen molar-refractivity contribution in [2.24, 2.45) is 0 Å². The van der Waals surface area contributed by atoms with Crippen LogP contribution >= 0.6 is 0 Å². The molecule has 1 atom stereocenters. The molecule has 0 aliphatic carbocycles. The smallest absolute Gasteiger partial charge is 0.343 e. The molecule has 0 aromatic heterocycles. The number of hydrogen-bond donors (Lipinski definition) is 1. The molecule has 1 unspecified atom stereocenters. The number of carbonyl (C=O) groups is 1. The molecular formula is C22H23F3N2O. The van der Waals surface area contributed by atoms with Crippen LogP contribution in [0.4, 0.5) is 13.2 Å². The lowest BCUT2D eigenvalue weighted by Gasteiger charge is -2.41. The second-order valence-electron chi connectivity index (χ2n) is 7.84. The van der Waals surface area contributed by atoms with E-state index >= 15 is 0 Å². The fourth-order valence-corrected chi connectivity index (χ4v) is 4.92. The number of fused-ring (bicyclic) bond motifs is 2. The molecule has 0 spiro atoms. The van der Waals surface area contributed by atoms with Gasteiger partial charge in [0, 0.05) is 17.1 Å². The number of nitrogens with zero attached hydrogens (tertiary/aromatic N) is 1. The van der Waals surface area contributed by atoms with Crippen LogP contribution in [0.2, 0.25) is 0 Å². The van der Waals surface area contributed by atoms with E-state index in [9.17, 15) is 18.0 Å². The zero-order chi connectivity index (χ0) is 19.9. The highest BCUT2D eigenvalue weighted by atomic mass is 19.4. The molecule has 0 saturated carbocycles. The van der Waals surface area contributed by atoms with Crippen LogP contribution in [0.25, 0.3) is 0 Å². The monoisotopic (exact) mass is 388 g/mol. The van der Waals surface area contributed by atoms with E-state index in [1.807, 2.05) is 30.3 Å². The summed E-state index contributed by atoms with van der Waals surface area (Å²) in [5, 5.41) is 3.07. The Labute approximate surface area is 162 Å². The molecule has 2 aliphatic rings. The Balaban J connectivity index is 1.67. The highest BCUT2D eigenvalue weighted by Crippen LogP contribution is 2.51. The van der Waals surface area contributed by atoms with Crippen LogP contribution in [-0.2, 0) is 6.18 Å². The van der Waals surface area contributed by atoms with Crippen molar-refractivity contribution in [3.8, 4) is 0 Å². The van der Waals surface area contributed by atoms with Gasteiger partial charge in [0.1, 0.15) is 0 Å². The SMILES string of the molecule is CN1C2CCC1(C(NC(=O)c1cccc(C(F)(F)F)c1)c1ccccc1)CC2. The zero-order valence-electron chi connectivity index (χ0n) is 15.7. The molecule has 2 bridgehead atoms. The van der Waals surface area contributed by atoms with Crippen molar-refractivity contribution in [1.29, 1.82) is 0 Å². The van der Waals surface area contributed by atoms with Gasteiger partial charge >= 0.3 is 6.18 Å². The van der Waals surface area contributed by atoms with Gasteiger partial charge in [0.25, 0.3) is 5.91 Å². The van der Waals surface area contributed by atoms with E-state index < -0.39 is 17.6 Å². The molecule has 2 aromatic carbocycles. The summed E-state index contributed by atoms with van der Waals surface area (Å²) in [6.07, 6.45) is -0.371. The third-order valence-corrected chi connectivity index (χ3v) is 6.47. The van der Waals surface area contributed by atoms with Crippen LogP contribution < -0.4 is 5.32 Å². The predicted molar refractivity (Wildman–Crippen MR) is 101 cm³/mol. The molecule has 2 heterocycles. The maximum Gasteiger partial charge on any atom is 0.416 e. The third-order valence-electron chi connectivity index (χ3n) is 6.47.